The fourth-order valence-electron chi connectivity index (χ4n) is 3.12. The average Bonchev–Trinajstić information content (AvgIpc) is 2.97. The molecule has 1 heterocycles. The van der Waals surface area contributed by atoms with Gasteiger partial charge in [0.25, 0.3) is 0 Å². The van der Waals surface area contributed by atoms with Crippen LogP contribution in [0.4, 0.5) is 0 Å². The molecule has 18 heavy (non-hydrogen) atoms. The second-order valence-electron chi connectivity index (χ2n) is 5.66. The lowest BCUT2D eigenvalue weighted by atomic mass is 10.1. The van der Waals surface area contributed by atoms with Crippen molar-refractivity contribution < 1.29 is 4.79 Å². The van der Waals surface area contributed by atoms with Crippen LogP contribution in [0.5, 0.6) is 0 Å². The molecule has 1 saturated carbocycles. The Hall–Kier alpha value is -1.35. The van der Waals surface area contributed by atoms with E-state index in [0.717, 1.165) is 37.9 Å². The first kappa shape index (κ1) is 11.7. The summed E-state index contributed by atoms with van der Waals surface area (Å²) in [6.07, 6.45) is 2.24. The highest BCUT2D eigenvalue weighted by Gasteiger charge is 2.40. The topological polar surface area (TPSA) is 46.3 Å². The van der Waals surface area contributed by atoms with E-state index in [0.29, 0.717) is 0 Å². The number of amides is 1. The molecule has 2 aliphatic rings. The number of primary amides is 1. The van der Waals surface area contributed by atoms with Crippen LogP contribution in [-0.2, 0) is 4.79 Å². The van der Waals surface area contributed by atoms with Gasteiger partial charge in [0.2, 0.25) is 5.91 Å². The van der Waals surface area contributed by atoms with Crippen molar-refractivity contribution in [2.24, 2.45) is 17.6 Å². The Morgan fingerprint density at radius 2 is 2.11 bits per heavy atom. The maximum atomic E-state index is 11.1. The molecule has 3 atom stereocenters. The Morgan fingerprint density at radius 3 is 2.78 bits per heavy atom. The van der Waals surface area contributed by atoms with Gasteiger partial charge in [0, 0.05) is 13.1 Å². The third kappa shape index (κ3) is 2.41. The molecule has 1 amide bonds. The Bertz CT molecular complexity index is 431. The predicted octanol–water partition coefficient (Wildman–Crippen LogP) is 1.60. The Kier molecular flexibility index (Phi) is 3.08. The van der Waals surface area contributed by atoms with E-state index in [-0.39, 0.29) is 11.8 Å². The fraction of sp³-hybridized carbons (Fsp3) is 0.533. The van der Waals surface area contributed by atoms with E-state index < -0.39 is 0 Å². The second kappa shape index (κ2) is 4.73. The summed E-state index contributed by atoms with van der Waals surface area (Å²) in [6.45, 7) is 3.03. The minimum atomic E-state index is -0.132. The molecule has 1 aliphatic heterocycles. The number of benzene rings is 1. The molecule has 0 aromatic heterocycles. The van der Waals surface area contributed by atoms with Crippen molar-refractivity contribution >= 4 is 5.91 Å². The molecule has 3 rings (SSSR count). The lowest BCUT2D eigenvalue weighted by Crippen LogP contribution is -2.28. The summed E-state index contributed by atoms with van der Waals surface area (Å²) in [6, 6.07) is 10.7. The number of rotatable bonds is 4. The van der Waals surface area contributed by atoms with Gasteiger partial charge in [-0.25, -0.2) is 0 Å². The third-order valence-electron chi connectivity index (χ3n) is 4.32. The van der Waals surface area contributed by atoms with Crippen LogP contribution in [0, 0.1) is 11.8 Å². The lowest BCUT2D eigenvalue weighted by Gasteiger charge is -2.15. The smallest absolute Gasteiger partial charge is 0.221 e. The average molecular weight is 244 g/mol. The van der Waals surface area contributed by atoms with E-state index in [1.807, 2.05) is 0 Å². The standard InChI is InChI=1S/C15H20N2O/c16-15(18)12-6-7-17(9-12)10-13-8-14(13)11-4-2-1-3-5-11/h1-5,12-14H,6-10H2,(H2,16,18)/t12?,13-,14-/m0/s1. The van der Waals surface area contributed by atoms with E-state index in [2.05, 4.69) is 35.2 Å². The van der Waals surface area contributed by atoms with Gasteiger partial charge in [0.15, 0.2) is 0 Å². The molecule has 1 aromatic carbocycles. The molecule has 0 spiro atoms. The Morgan fingerprint density at radius 1 is 1.33 bits per heavy atom. The summed E-state index contributed by atoms with van der Waals surface area (Å²) in [7, 11) is 0. The van der Waals surface area contributed by atoms with Crippen molar-refractivity contribution in [2.45, 2.75) is 18.8 Å². The number of hydrogen-bond donors (Lipinski definition) is 1. The monoisotopic (exact) mass is 244 g/mol. The quantitative estimate of drug-likeness (QED) is 0.874. The molecular formula is C15H20N2O. The van der Waals surface area contributed by atoms with Crippen molar-refractivity contribution in [1.29, 1.82) is 0 Å². The zero-order chi connectivity index (χ0) is 12.5. The van der Waals surface area contributed by atoms with Crippen LogP contribution in [0.25, 0.3) is 0 Å². The molecule has 1 unspecified atom stereocenters. The van der Waals surface area contributed by atoms with Gasteiger partial charge < -0.3 is 10.6 Å². The SMILES string of the molecule is NC(=O)C1CCN(C[C@@H]2C[C@H]2c2ccccc2)C1. The van der Waals surface area contributed by atoms with E-state index in [1.165, 1.54) is 12.0 Å². The molecule has 0 bridgehead atoms. The van der Waals surface area contributed by atoms with E-state index in [9.17, 15) is 4.79 Å². The van der Waals surface area contributed by atoms with Crippen molar-refractivity contribution in [3.05, 3.63) is 35.9 Å². The van der Waals surface area contributed by atoms with E-state index in [4.69, 9.17) is 5.73 Å². The van der Waals surface area contributed by atoms with Crippen LogP contribution in [-0.4, -0.2) is 30.4 Å². The number of nitrogens with two attached hydrogens (primary N) is 1. The number of carbonyl (C=O) groups is 1. The number of carbonyl (C=O) groups excluding carboxylic acids is 1. The number of hydrogen-bond acceptors (Lipinski definition) is 2. The molecule has 1 aromatic rings. The van der Waals surface area contributed by atoms with Gasteiger partial charge in [-0.15, -0.1) is 0 Å². The largest absolute Gasteiger partial charge is 0.369 e. The Labute approximate surface area is 108 Å². The molecule has 2 N–H and O–H groups in total. The van der Waals surface area contributed by atoms with Crippen molar-refractivity contribution in [3.8, 4) is 0 Å². The van der Waals surface area contributed by atoms with Gasteiger partial charge in [-0.05, 0) is 36.8 Å². The number of nitrogens with zero attached hydrogens (tertiary/aromatic N) is 1. The minimum absolute atomic E-state index is 0.0823. The van der Waals surface area contributed by atoms with Crippen LogP contribution in [0.3, 0.4) is 0 Å². The zero-order valence-corrected chi connectivity index (χ0v) is 10.6. The maximum Gasteiger partial charge on any atom is 0.221 e. The van der Waals surface area contributed by atoms with Crippen LogP contribution in [0.15, 0.2) is 30.3 Å². The summed E-state index contributed by atoms with van der Waals surface area (Å²) in [4.78, 5) is 13.5. The van der Waals surface area contributed by atoms with E-state index >= 15 is 0 Å². The second-order valence-corrected chi connectivity index (χ2v) is 5.66. The van der Waals surface area contributed by atoms with Crippen LogP contribution < -0.4 is 5.73 Å². The van der Waals surface area contributed by atoms with Crippen LogP contribution in [0.2, 0.25) is 0 Å². The summed E-state index contributed by atoms with van der Waals surface area (Å²) < 4.78 is 0. The zero-order valence-electron chi connectivity index (χ0n) is 10.6. The van der Waals surface area contributed by atoms with Gasteiger partial charge in [-0.2, -0.15) is 0 Å². The molecule has 1 saturated heterocycles. The molecule has 3 nitrogen and oxygen atoms in total. The van der Waals surface area contributed by atoms with E-state index in [1.54, 1.807) is 0 Å². The van der Waals surface area contributed by atoms with Gasteiger partial charge in [0.1, 0.15) is 0 Å². The molecule has 96 valence electrons. The van der Waals surface area contributed by atoms with Crippen molar-refractivity contribution in [3.63, 3.8) is 0 Å². The highest BCUT2D eigenvalue weighted by atomic mass is 16.1. The molecular weight excluding hydrogens is 224 g/mol. The summed E-state index contributed by atoms with van der Waals surface area (Å²) in [5.41, 5.74) is 6.83. The fourth-order valence-corrected chi connectivity index (χ4v) is 3.12. The Balaban J connectivity index is 1.51. The summed E-state index contributed by atoms with van der Waals surface area (Å²) >= 11 is 0. The van der Waals surface area contributed by atoms with Gasteiger partial charge >= 0.3 is 0 Å². The van der Waals surface area contributed by atoms with Crippen LogP contribution in [0.1, 0.15) is 24.3 Å². The first-order chi connectivity index (χ1) is 8.74. The maximum absolute atomic E-state index is 11.1. The highest BCUT2D eigenvalue weighted by Crippen LogP contribution is 2.48. The summed E-state index contributed by atoms with van der Waals surface area (Å²) in [5, 5.41) is 0. The minimum Gasteiger partial charge on any atom is -0.369 e. The molecule has 0 radical (unpaired) electrons. The van der Waals surface area contributed by atoms with Crippen molar-refractivity contribution in [1.82, 2.24) is 4.90 Å². The lowest BCUT2D eigenvalue weighted by molar-refractivity contribution is -0.121. The van der Waals surface area contributed by atoms with Crippen molar-refractivity contribution in [2.75, 3.05) is 19.6 Å². The van der Waals surface area contributed by atoms with Gasteiger partial charge in [-0.3, -0.25) is 4.79 Å². The molecule has 2 fully saturated rings. The third-order valence-corrected chi connectivity index (χ3v) is 4.32. The highest BCUT2D eigenvalue weighted by molar-refractivity contribution is 5.77. The summed E-state index contributed by atoms with van der Waals surface area (Å²) in [5.74, 6) is 1.46. The first-order valence-electron chi connectivity index (χ1n) is 6.80. The van der Waals surface area contributed by atoms with Gasteiger partial charge in [-0.1, -0.05) is 30.3 Å². The van der Waals surface area contributed by atoms with Crippen LogP contribution >= 0.6 is 0 Å². The molecule has 3 heteroatoms. The molecule has 1 aliphatic carbocycles. The number of likely N-dealkylation sites (tertiary alicyclic amines) is 1. The van der Waals surface area contributed by atoms with Gasteiger partial charge in [0.05, 0.1) is 5.92 Å². The first-order valence-corrected chi connectivity index (χ1v) is 6.80. The normalized spacial score (nSPS) is 31.4. The predicted molar refractivity (Wildman–Crippen MR) is 71.0 cm³/mol.